The molecule has 1 saturated heterocycles. The molecule has 1 aromatic carbocycles. The van der Waals surface area contributed by atoms with Crippen LogP contribution in [0, 0.1) is 6.92 Å². The summed E-state index contributed by atoms with van der Waals surface area (Å²) in [5, 5.41) is 11.9. The minimum atomic E-state index is -1.08. The molecular weight excluding hydrogens is 358 g/mol. The SMILES string of the molecule is Cc1nc(C(=O)NC2CC(=O)N(C3CC3c3ccccc3)C2)ccc1C(=O)O. The van der Waals surface area contributed by atoms with Gasteiger partial charge in [0, 0.05) is 24.9 Å². The number of aromatic carboxylic acids is 1. The number of likely N-dealkylation sites (tertiary alicyclic amines) is 1. The fraction of sp³-hybridized carbons (Fsp3) is 0.333. The monoisotopic (exact) mass is 379 g/mol. The zero-order chi connectivity index (χ0) is 19.8. The highest BCUT2D eigenvalue weighted by molar-refractivity contribution is 5.95. The van der Waals surface area contributed by atoms with Gasteiger partial charge in [0.2, 0.25) is 5.91 Å². The number of hydrogen-bond donors (Lipinski definition) is 2. The average molecular weight is 379 g/mol. The number of carbonyl (C=O) groups excluding carboxylic acids is 2. The fourth-order valence-electron chi connectivity index (χ4n) is 3.91. The van der Waals surface area contributed by atoms with Crippen LogP contribution in [-0.4, -0.2) is 51.4 Å². The molecule has 1 aromatic heterocycles. The number of aromatic nitrogens is 1. The van der Waals surface area contributed by atoms with Crippen LogP contribution in [0.1, 0.15) is 50.9 Å². The van der Waals surface area contributed by atoms with Crippen LogP contribution in [0.25, 0.3) is 0 Å². The molecule has 1 saturated carbocycles. The summed E-state index contributed by atoms with van der Waals surface area (Å²) < 4.78 is 0. The number of hydrogen-bond acceptors (Lipinski definition) is 4. The van der Waals surface area contributed by atoms with Gasteiger partial charge in [0.15, 0.2) is 0 Å². The number of carboxylic acids is 1. The van der Waals surface area contributed by atoms with Crippen LogP contribution in [0.2, 0.25) is 0 Å². The predicted octanol–water partition coefficient (Wildman–Crippen LogP) is 1.98. The number of nitrogens with zero attached hydrogens (tertiary/aromatic N) is 2. The van der Waals surface area contributed by atoms with Gasteiger partial charge in [-0.3, -0.25) is 9.59 Å². The van der Waals surface area contributed by atoms with Gasteiger partial charge in [0.05, 0.1) is 17.3 Å². The molecular formula is C21H21N3O4. The van der Waals surface area contributed by atoms with Crippen molar-refractivity contribution >= 4 is 17.8 Å². The summed E-state index contributed by atoms with van der Waals surface area (Å²) in [6.07, 6.45) is 1.23. The maximum absolute atomic E-state index is 12.5. The molecule has 0 bridgehead atoms. The van der Waals surface area contributed by atoms with E-state index >= 15 is 0 Å². The molecule has 7 nitrogen and oxygen atoms in total. The van der Waals surface area contributed by atoms with Gasteiger partial charge in [-0.1, -0.05) is 30.3 Å². The van der Waals surface area contributed by atoms with E-state index in [1.165, 1.54) is 17.7 Å². The quantitative estimate of drug-likeness (QED) is 0.827. The highest BCUT2D eigenvalue weighted by atomic mass is 16.4. The minimum absolute atomic E-state index is 0.0547. The summed E-state index contributed by atoms with van der Waals surface area (Å²) >= 11 is 0. The van der Waals surface area contributed by atoms with Crippen LogP contribution in [0.15, 0.2) is 42.5 Å². The Balaban J connectivity index is 1.38. The molecule has 7 heteroatoms. The lowest BCUT2D eigenvalue weighted by Gasteiger charge is -2.17. The first-order valence-electron chi connectivity index (χ1n) is 9.30. The molecule has 0 spiro atoms. The van der Waals surface area contributed by atoms with E-state index in [0.717, 1.165) is 6.42 Å². The van der Waals surface area contributed by atoms with Crippen LogP contribution < -0.4 is 5.32 Å². The van der Waals surface area contributed by atoms with Crippen LogP contribution in [0.3, 0.4) is 0 Å². The number of benzene rings is 1. The van der Waals surface area contributed by atoms with Gasteiger partial charge in [-0.25, -0.2) is 9.78 Å². The molecule has 2 aromatic rings. The molecule has 144 valence electrons. The molecule has 0 radical (unpaired) electrons. The van der Waals surface area contributed by atoms with Gasteiger partial charge in [0.1, 0.15) is 5.69 Å². The van der Waals surface area contributed by atoms with E-state index in [2.05, 4.69) is 22.4 Å². The number of amides is 2. The lowest BCUT2D eigenvalue weighted by atomic mass is 10.1. The Labute approximate surface area is 162 Å². The van der Waals surface area contributed by atoms with E-state index in [1.54, 1.807) is 6.92 Å². The molecule has 3 unspecified atom stereocenters. The zero-order valence-electron chi connectivity index (χ0n) is 15.5. The first-order valence-corrected chi connectivity index (χ1v) is 9.30. The fourth-order valence-corrected chi connectivity index (χ4v) is 3.91. The molecule has 1 aliphatic heterocycles. The molecule has 1 aliphatic carbocycles. The second kappa shape index (κ2) is 7.07. The van der Waals surface area contributed by atoms with Crippen molar-refractivity contribution < 1.29 is 19.5 Å². The standard InChI is InChI=1S/C21H21N3O4/c1-12-15(21(27)28)7-8-17(22-12)20(26)23-14-9-19(25)24(11-14)18-10-16(18)13-5-3-2-4-6-13/h2-8,14,16,18H,9-11H2,1H3,(H,23,26)(H,27,28). The lowest BCUT2D eigenvalue weighted by Crippen LogP contribution is -2.38. The van der Waals surface area contributed by atoms with E-state index in [-0.39, 0.29) is 41.4 Å². The number of aryl methyl sites for hydroxylation is 1. The Hall–Kier alpha value is -3.22. The topological polar surface area (TPSA) is 99.6 Å². The summed E-state index contributed by atoms with van der Waals surface area (Å²) in [6, 6.07) is 12.9. The van der Waals surface area contributed by atoms with Gasteiger partial charge < -0.3 is 15.3 Å². The van der Waals surface area contributed by atoms with Gasteiger partial charge in [-0.15, -0.1) is 0 Å². The molecule has 2 fully saturated rings. The van der Waals surface area contributed by atoms with E-state index < -0.39 is 11.9 Å². The smallest absolute Gasteiger partial charge is 0.337 e. The van der Waals surface area contributed by atoms with Gasteiger partial charge >= 0.3 is 5.97 Å². The molecule has 3 atom stereocenters. The highest BCUT2D eigenvalue weighted by Crippen LogP contribution is 2.45. The third-order valence-corrected chi connectivity index (χ3v) is 5.43. The molecule has 2 amide bonds. The van der Waals surface area contributed by atoms with Crippen molar-refractivity contribution in [3.63, 3.8) is 0 Å². The molecule has 2 N–H and O–H groups in total. The first kappa shape index (κ1) is 18.2. The summed E-state index contributed by atoms with van der Waals surface area (Å²) in [6.45, 7) is 2.04. The van der Waals surface area contributed by atoms with Crippen LogP contribution in [0.4, 0.5) is 0 Å². The number of rotatable bonds is 5. The van der Waals surface area contributed by atoms with Gasteiger partial charge in [-0.05, 0) is 31.0 Å². The third-order valence-electron chi connectivity index (χ3n) is 5.43. The van der Waals surface area contributed by atoms with E-state index in [0.29, 0.717) is 12.5 Å². The summed E-state index contributed by atoms with van der Waals surface area (Å²) in [4.78, 5) is 41.9. The van der Waals surface area contributed by atoms with Crippen LogP contribution in [0.5, 0.6) is 0 Å². The Morgan fingerprint density at radius 1 is 1.18 bits per heavy atom. The van der Waals surface area contributed by atoms with E-state index in [4.69, 9.17) is 5.11 Å². The second-order valence-electron chi connectivity index (χ2n) is 7.38. The molecule has 28 heavy (non-hydrogen) atoms. The van der Waals surface area contributed by atoms with Crippen LogP contribution >= 0.6 is 0 Å². The van der Waals surface area contributed by atoms with E-state index in [9.17, 15) is 14.4 Å². The maximum Gasteiger partial charge on any atom is 0.337 e. The normalized spacial score (nSPS) is 23.5. The first-order chi connectivity index (χ1) is 13.4. The zero-order valence-corrected chi connectivity index (χ0v) is 15.5. The highest BCUT2D eigenvalue weighted by Gasteiger charge is 2.48. The van der Waals surface area contributed by atoms with Gasteiger partial charge in [-0.2, -0.15) is 0 Å². The van der Waals surface area contributed by atoms with Crippen LogP contribution in [-0.2, 0) is 4.79 Å². The summed E-state index contributed by atoms with van der Waals surface area (Å²) in [5.41, 5.74) is 1.75. The minimum Gasteiger partial charge on any atom is -0.478 e. The van der Waals surface area contributed by atoms with Crippen molar-refractivity contribution in [1.29, 1.82) is 0 Å². The predicted molar refractivity (Wildman–Crippen MR) is 101 cm³/mol. The molecule has 2 heterocycles. The Bertz CT molecular complexity index is 944. The van der Waals surface area contributed by atoms with Crippen molar-refractivity contribution in [2.75, 3.05) is 6.54 Å². The lowest BCUT2D eigenvalue weighted by molar-refractivity contribution is -0.128. The number of carboxylic acid groups (broad SMARTS) is 1. The largest absolute Gasteiger partial charge is 0.478 e. The van der Waals surface area contributed by atoms with Crippen molar-refractivity contribution in [2.24, 2.45) is 0 Å². The van der Waals surface area contributed by atoms with Crippen molar-refractivity contribution in [3.8, 4) is 0 Å². The molecule has 4 rings (SSSR count). The molecule has 2 aliphatic rings. The summed E-state index contributed by atoms with van der Waals surface area (Å²) in [5.74, 6) is -1.05. The maximum atomic E-state index is 12.5. The van der Waals surface area contributed by atoms with Crippen molar-refractivity contribution in [2.45, 2.75) is 37.8 Å². The Kier molecular flexibility index (Phi) is 4.58. The Morgan fingerprint density at radius 2 is 1.93 bits per heavy atom. The Morgan fingerprint density at radius 3 is 2.61 bits per heavy atom. The third kappa shape index (κ3) is 3.47. The van der Waals surface area contributed by atoms with Crippen molar-refractivity contribution in [1.82, 2.24) is 15.2 Å². The average Bonchev–Trinajstić information content (AvgIpc) is 3.38. The van der Waals surface area contributed by atoms with Crippen molar-refractivity contribution in [3.05, 3.63) is 65.0 Å². The number of nitrogens with one attached hydrogen (secondary N) is 1. The van der Waals surface area contributed by atoms with E-state index in [1.807, 2.05) is 23.1 Å². The number of carbonyl (C=O) groups is 3. The van der Waals surface area contributed by atoms with Gasteiger partial charge in [0.25, 0.3) is 5.91 Å². The summed E-state index contributed by atoms with van der Waals surface area (Å²) in [7, 11) is 0. The second-order valence-corrected chi connectivity index (χ2v) is 7.38. The number of pyridine rings is 1.